The molecule has 24 heavy (non-hydrogen) atoms. The second-order valence-electron chi connectivity index (χ2n) is 4.72. The number of benzene rings is 1. The van der Waals surface area contributed by atoms with Crippen molar-refractivity contribution in [2.75, 3.05) is 0 Å². The van der Waals surface area contributed by atoms with E-state index in [9.17, 15) is 19.5 Å². The van der Waals surface area contributed by atoms with Gasteiger partial charge in [-0.05, 0) is 23.8 Å². The Kier molecular flexibility index (Phi) is 5.87. The summed E-state index contributed by atoms with van der Waals surface area (Å²) in [7, 11) is 0. The van der Waals surface area contributed by atoms with Crippen LogP contribution in [0.2, 0.25) is 10.0 Å². The summed E-state index contributed by atoms with van der Waals surface area (Å²) in [4.78, 5) is 35.7. The Hall–Kier alpha value is -1.61. The van der Waals surface area contributed by atoms with Crippen LogP contribution in [0.4, 0.5) is 0 Å². The standard InChI is InChI=1S/C14H10Cl2N2O4S2/c15-7-2-1-6(8(16)4-7)3-10-12(20)18(14(23)24-10)9(13(21)22)5-11(17)19/h1-4,9H,5H2,(H2,17,19)(H,21,22)/p-1/b10-3-/t9-/m1/s1. The first-order valence-corrected chi connectivity index (χ1v) is 8.40. The van der Waals surface area contributed by atoms with E-state index in [0.29, 0.717) is 15.6 Å². The maximum absolute atomic E-state index is 12.5. The highest BCUT2D eigenvalue weighted by Gasteiger charge is 2.38. The summed E-state index contributed by atoms with van der Waals surface area (Å²) in [5.41, 5.74) is 5.53. The number of carbonyl (C=O) groups excluding carboxylic acids is 3. The topological polar surface area (TPSA) is 104 Å². The molecule has 1 fully saturated rings. The van der Waals surface area contributed by atoms with Crippen LogP contribution < -0.4 is 10.8 Å². The zero-order valence-corrected chi connectivity index (χ0v) is 15.0. The van der Waals surface area contributed by atoms with Gasteiger partial charge in [-0.15, -0.1) is 0 Å². The van der Waals surface area contributed by atoms with Crippen LogP contribution in [-0.4, -0.2) is 33.0 Å². The highest BCUT2D eigenvalue weighted by molar-refractivity contribution is 8.26. The minimum Gasteiger partial charge on any atom is -0.548 e. The van der Waals surface area contributed by atoms with Gasteiger partial charge in [0.15, 0.2) is 0 Å². The first-order valence-electron chi connectivity index (χ1n) is 6.42. The molecule has 126 valence electrons. The summed E-state index contributed by atoms with van der Waals surface area (Å²) in [5, 5.41) is 12.0. The second kappa shape index (κ2) is 7.52. The molecule has 1 atom stereocenters. The second-order valence-corrected chi connectivity index (χ2v) is 7.24. The fraction of sp³-hybridized carbons (Fsp3) is 0.143. The molecular formula is C14H9Cl2N2O4S2-. The van der Waals surface area contributed by atoms with E-state index >= 15 is 0 Å². The summed E-state index contributed by atoms with van der Waals surface area (Å²) in [6.45, 7) is 0. The van der Waals surface area contributed by atoms with Crippen molar-refractivity contribution in [1.29, 1.82) is 0 Å². The summed E-state index contributed by atoms with van der Waals surface area (Å²) in [6.07, 6.45) is 0.873. The number of amides is 2. The summed E-state index contributed by atoms with van der Waals surface area (Å²) >= 11 is 17.8. The van der Waals surface area contributed by atoms with E-state index in [0.717, 1.165) is 16.7 Å². The SMILES string of the molecule is NC(=O)C[C@H](C(=O)[O-])N1C(=O)/C(=C/c2ccc(Cl)cc2Cl)SC1=S. The average molecular weight is 404 g/mol. The van der Waals surface area contributed by atoms with Gasteiger partial charge >= 0.3 is 0 Å². The quantitative estimate of drug-likeness (QED) is 0.584. The van der Waals surface area contributed by atoms with E-state index < -0.39 is 30.2 Å². The molecule has 1 aromatic rings. The highest BCUT2D eigenvalue weighted by atomic mass is 35.5. The first-order chi connectivity index (χ1) is 11.2. The minimum atomic E-state index is -1.61. The molecular weight excluding hydrogens is 395 g/mol. The van der Waals surface area contributed by atoms with E-state index in [1.165, 1.54) is 12.1 Å². The normalized spacial score (nSPS) is 17.4. The molecule has 2 N–H and O–H groups in total. The molecule has 0 saturated carbocycles. The van der Waals surface area contributed by atoms with Gasteiger partial charge < -0.3 is 15.6 Å². The number of thioether (sulfide) groups is 1. The molecule has 0 bridgehead atoms. The predicted octanol–water partition coefficient (Wildman–Crippen LogP) is 1.19. The van der Waals surface area contributed by atoms with E-state index in [1.54, 1.807) is 12.1 Å². The number of aliphatic carboxylic acids is 1. The Bertz CT molecular complexity index is 782. The van der Waals surface area contributed by atoms with E-state index in [4.69, 9.17) is 41.2 Å². The van der Waals surface area contributed by atoms with Crippen molar-refractivity contribution in [2.45, 2.75) is 12.5 Å². The van der Waals surface area contributed by atoms with Crippen molar-refractivity contribution in [1.82, 2.24) is 4.90 Å². The number of primary amides is 1. The van der Waals surface area contributed by atoms with E-state index in [-0.39, 0.29) is 9.23 Å². The smallest absolute Gasteiger partial charge is 0.266 e. The monoisotopic (exact) mass is 403 g/mol. The number of hydrogen-bond donors (Lipinski definition) is 1. The number of hydrogen-bond acceptors (Lipinski definition) is 6. The molecule has 0 radical (unpaired) electrons. The Balaban J connectivity index is 2.35. The molecule has 0 aromatic heterocycles. The summed E-state index contributed by atoms with van der Waals surface area (Å²) < 4.78 is -0.00761. The number of carboxylic acids is 1. The van der Waals surface area contributed by atoms with Gasteiger partial charge in [0.1, 0.15) is 4.32 Å². The number of carbonyl (C=O) groups is 3. The van der Waals surface area contributed by atoms with Gasteiger partial charge in [-0.2, -0.15) is 0 Å². The molecule has 1 aromatic carbocycles. The van der Waals surface area contributed by atoms with Gasteiger partial charge in [-0.1, -0.05) is 53.2 Å². The van der Waals surface area contributed by atoms with Crippen molar-refractivity contribution in [2.24, 2.45) is 5.73 Å². The zero-order chi connectivity index (χ0) is 18.0. The lowest BCUT2D eigenvalue weighted by Crippen LogP contribution is -2.51. The number of nitrogens with two attached hydrogens (primary N) is 1. The van der Waals surface area contributed by atoms with Gasteiger partial charge in [0, 0.05) is 10.0 Å². The fourth-order valence-corrected chi connectivity index (χ4v) is 3.79. The van der Waals surface area contributed by atoms with E-state index in [1.807, 2.05) is 0 Å². The summed E-state index contributed by atoms with van der Waals surface area (Å²) in [6, 6.07) is 3.15. The Morgan fingerprint density at radius 3 is 2.62 bits per heavy atom. The Morgan fingerprint density at radius 1 is 1.42 bits per heavy atom. The summed E-state index contributed by atoms with van der Waals surface area (Å²) in [5.74, 6) is -3.16. The van der Waals surface area contributed by atoms with Crippen LogP contribution in [0.5, 0.6) is 0 Å². The van der Waals surface area contributed by atoms with Gasteiger partial charge in [0.2, 0.25) is 5.91 Å². The van der Waals surface area contributed by atoms with Crippen molar-refractivity contribution in [3.05, 3.63) is 38.7 Å². The van der Waals surface area contributed by atoms with Crippen molar-refractivity contribution < 1.29 is 19.5 Å². The molecule has 1 aliphatic rings. The van der Waals surface area contributed by atoms with Crippen LogP contribution in [0.15, 0.2) is 23.1 Å². The average Bonchev–Trinajstić information content (AvgIpc) is 2.74. The van der Waals surface area contributed by atoms with Crippen LogP contribution in [0.25, 0.3) is 6.08 Å². The molecule has 1 saturated heterocycles. The lowest BCUT2D eigenvalue weighted by molar-refractivity contribution is -0.310. The van der Waals surface area contributed by atoms with Crippen LogP contribution in [0.3, 0.4) is 0 Å². The van der Waals surface area contributed by atoms with Gasteiger partial charge in [-0.25, -0.2) is 0 Å². The number of carboxylic acid groups (broad SMARTS) is 1. The van der Waals surface area contributed by atoms with Crippen LogP contribution in [-0.2, 0) is 14.4 Å². The molecule has 0 unspecified atom stereocenters. The van der Waals surface area contributed by atoms with E-state index in [2.05, 4.69) is 0 Å². The molecule has 6 nitrogen and oxygen atoms in total. The first kappa shape index (κ1) is 18.7. The number of thiocarbonyl (C=S) groups is 1. The molecule has 10 heteroatoms. The predicted molar refractivity (Wildman–Crippen MR) is 94.1 cm³/mol. The largest absolute Gasteiger partial charge is 0.548 e. The molecule has 2 rings (SSSR count). The number of rotatable bonds is 5. The maximum Gasteiger partial charge on any atom is 0.266 e. The number of halogens is 2. The van der Waals surface area contributed by atoms with Crippen LogP contribution in [0, 0.1) is 0 Å². The number of nitrogens with zero attached hydrogens (tertiary/aromatic N) is 1. The maximum atomic E-state index is 12.5. The van der Waals surface area contributed by atoms with Crippen molar-refractivity contribution in [3.63, 3.8) is 0 Å². The zero-order valence-electron chi connectivity index (χ0n) is 11.8. The van der Waals surface area contributed by atoms with Gasteiger partial charge in [0.25, 0.3) is 5.91 Å². The van der Waals surface area contributed by atoms with Gasteiger partial charge in [0.05, 0.1) is 23.3 Å². The van der Waals surface area contributed by atoms with Crippen molar-refractivity contribution in [3.8, 4) is 0 Å². The fourth-order valence-electron chi connectivity index (χ4n) is 1.98. The lowest BCUT2D eigenvalue weighted by Gasteiger charge is -2.26. The third-order valence-corrected chi connectivity index (χ3v) is 4.94. The van der Waals surface area contributed by atoms with Crippen molar-refractivity contribution >= 4 is 75.4 Å². The molecule has 0 spiro atoms. The Labute approximate surface area is 156 Å². The third-order valence-electron chi connectivity index (χ3n) is 3.05. The Morgan fingerprint density at radius 2 is 2.08 bits per heavy atom. The molecule has 1 aliphatic heterocycles. The van der Waals surface area contributed by atoms with Crippen LogP contribution >= 0.6 is 47.2 Å². The van der Waals surface area contributed by atoms with Crippen LogP contribution in [0.1, 0.15) is 12.0 Å². The molecule has 1 heterocycles. The third kappa shape index (κ3) is 4.07. The highest BCUT2D eigenvalue weighted by Crippen LogP contribution is 2.35. The minimum absolute atomic E-state index is 0.00761. The molecule has 2 amide bonds. The molecule has 0 aliphatic carbocycles. The lowest BCUT2D eigenvalue weighted by atomic mass is 10.1. The van der Waals surface area contributed by atoms with Gasteiger partial charge in [-0.3, -0.25) is 14.5 Å².